The topological polar surface area (TPSA) is 31.2 Å². The molecule has 45 heavy (non-hydrogen) atoms. The first-order valence-electron chi connectivity index (χ1n) is 15.3. The van der Waals surface area contributed by atoms with E-state index in [4.69, 9.17) is 8.83 Å². The maximum absolute atomic E-state index is 6.58. The van der Waals surface area contributed by atoms with E-state index in [1.807, 2.05) is 12.1 Å². The molecule has 10 rings (SSSR count). The van der Waals surface area contributed by atoms with Crippen LogP contribution in [0.2, 0.25) is 0 Å². The third-order valence-electron chi connectivity index (χ3n) is 9.21. The van der Waals surface area contributed by atoms with Crippen molar-refractivity contribution >= 4 is 65.7 Å². The Bertz CT molecular complexity index is 2760. The maximum atomic E-state index is 6.58. The molecule has 0 saturated heterocycles. The third kappa shape index (κ3) is 3.52. The molecule has 0 aliphatic heterocycles. The summed E-state index contributed by atoms with van der Waals surface area (Å²) in [5.41, 5.74) is 11.5. The molecule has 3 nitrogen and oxygen atoms in total. The van der Waals surface area contributed by atoms with Crippen molar-refractivity contribution < 1.29 is 8.83 Å². The number of aromatic nitrogens is 1. The van der Waals surface area contributed by atoms with Gasteiger partial charge in [0.05, 0.1) is 11.0 Å². The SMILES string of the molecule is c1ccc(-c2ccc3c(c2)c2ccccc2n3-c2ccc3c(c2)oc2cccc(-c4cccc5c4oc4ccccc45)c23)cc1. The lowest BCUT2D eigenvalue weighted by molar-refractivity contribution is 0.668. The van der Waals surface area contributed by atoms with Crippen molar-refractivity contribution in [2.75, 3.05) is 0 Å². The fraction of sp³-hybridized carbons (Fsp3) is 0. The average Bonchev–Trinajstić information content (AvgIpc) is 3.77. The maximum Gasteiger partial charge on any atom is 0.143 e. The van der Waals surface area contributed by atoms with Crippen LogP contribution < -0.4 is 0 Å². The van der Waals surface area contributed by atoms with Crippen molar-refractivity contribution in [3.8, 4) is 27.9 Å². The summed E-state index contributed by atoms with van der Waals surface area (Å²) in [6.07, 6.45) is 0. The number of rotatable bonds is 3. The zero-order chi connectivity index (χ0) is 29.5. The highest BCUT2D eigenvalue weighted by Gasteiger charge is 2.19. The number of furan rings is 2. The molecule has 210 valence electrons. The van der Waals surface area contributed by atoms with Crippen molar-refractivity contribution in [3.63, 3.8) is 0 Å². The predicted molar refractivity (Wildman–Crippen MR) is 186 cm³/mol. The molecule has 0 amide bonds. The molecule has 0 unspecified atom stereocenters. The zero-order valence-electron chi connectivity index (χ0n) is 24.2. The molecule has 10 aromatic rings. The molecular formula is C42H25NO2. The number of nitrogens with zero attached hydrogens (tertiary/aromatic N) is 1. The van der Waals surface area contributed by atoms with Crippen molar-refractivity contribution in [2.45, 2.75) is 0 Å². The van der Waals surface area contributed by atoms with E-state index in [2.05, 4.69) is 144 Å². The highest BCUT2D eigenvalue weighted by Crippen LogP contribution is 2.42. The molecule has 0 aliphatic carbocycles. The summed E-state index contributed by atoms with van der Waals surface area (Å²) in [7, 11) is 0. The van der Waals surface area contributed by atoms with Gasteiger partial charge in [-0.3, -0.25) is 0 Å². The second-order valence-electron chi connectivity index (χ2n) is 11.7. The van der Waals surface area contributed by atoms with Crippen LogP contribution in [-0.2, 0) is 0 Å². The van der Waals surface area contributed by atoms with Gasteiger partial charge in [0.15, 0.2) is 0 Å². The van der Waals surface area contributed by atoms with E-state index in [0.717, 1.165) is 60.7 Å². The summed E-state index contributed by atoms with van der Waals surface area (Å²) in [6, 6.07) is 53.5. The lowest BCUT2D eigenvalue weighted by atomic mass is 9.97. The van der Waals surface area contributed by atoms with Crippen molar-refractivity contribution in [2.24, 2.45) is 0 Å². The van der Waals surface area contributed by atoms with Crippen LogP contribution in [0.1, 0.15) is 0 Å². The smallest absolute Gasteiger partial charge is 0.143 e. The van der Waals surface area contributed by atoms with E-state index < -0.39 is 0 Å². The van der Waals surface area contributed by atoms with Gasteiger partial charge in [0.25, 0.3) is 0 Å². The first-order valence-corrected chi connectivity index (χ1v) is 15.3. The Morgan fingerprint density at radius 2 is 1.11 bits per heavy atom. The lowest BCUT2D eigenvalue weighted by Gasteiger charge is -2.09. The van der Waals surface area contributed by atoms with Crippen LogP contribution >= 0.6 is 0 Å². The quantitative estimate of drug-likeness (QED) is 0.210. The van der Waals surface area contributed by atoms with Crippen LogP contribution in [0.4, 0.5) is 0 Å². The van der Waals surface area contributed by atoms with Crippen molar-refractivity contribution in [1.82, 2.24) is 4.57 Å². The first-order chi connectivity index (χ1) is 22.3. The molecular weight excluding hydrogens is 550 g/mol. The normalized spacial score (nSPS) is 12.0. The number of para-hydroxylation sites is 3. The van der Waals surface area contributed by atoms with E-state index in [0.29, 0.717) is 0 Å². The predicted octanol–water partition coefficient (Wildman–Crippen LogP) is 11.9. The molecule has 0 spiro atoms. The van der Waals surface area contributed by atoms with E-state index >= 15 is 0 Å². The van der Waals surface area contributed by atoms with E-state index in [1.165, 1.54) is 32.9 Å². The second-order valence-corrected chi connectivity index (χ2v) is 11.7. The highest BCUT2D eigenvalue weighted by atomic mass is 16.3. The van der Waals surface area contributed by atoms with Gasteiger partial charge in [0.2, 0.25) is 0 Å². The number of benzene rings is 7. The average molecular weight is 576 g/mol. The monoisotopic (exact) mass is 575 g/mol. The van der Waals surface area contributed by atoms with Gasteiger partial charge in [0, 0.05) is 49.6 Å². The van der Waals surface area contributed by atoms with Crippen LogP contribution in [0.3, 0.4) is 0 Å². The highest BCUT2D eigenvalue weighted by molar-refractivity contribution is 6.17. The molecule has 0 radical (unpaired) electrons. The van der Waals surface area contributed by atoms with Gasteiger partial charge in [-0.2, -0.15) is 0 Å². The Morgan fingerprint density at radius 3 is 2.04 bits per heavy atom. The van der Waals surface area contributed by atoms with Crippen LogP contribution in [0.15, 0.2) is 160 Å². The van der Waals surface area contributed by atoms with E-state index in [9.17, 15) is 0 Å². The Balaban J connectivity index is 1.19. The summed E-state index contributed by atoms with van der Waals surface area (Å²) in [5, 5.41) is 6.91. The van der Waals surface area contributed by atoms with Crippen LogP contribution in [0.25, 0.3) is 93.6 Å². The van der Waals surface area contributed by atoms with Gasteiger partial charge in [0.1, 0.15) is 22.3 Å². The number of hydrogen-bond acceptors (Lipinski definition) is 2. The Hall–Kier alpha value is -6.06. The summed E-state index contributed by atoms with van der Waals surface area (Å²) < 4.78 is 15.4. The summed E-state index contributed by atoms with van der Waals surface area (Å²) in [6.45, 7) is 0. The summed E-state index contributed by atoms with van der Waals surface area (Å²) in [4.78, 5) is 0. The van der Waals surface area contributed by atoms with Gasteiger partial charge < -0.3 is 13.4 Å². The largest absolute Gasteiger partial charge is 0.456 e. The van der Waals surface area contributed by atoms with Crippen LogP contribution in [0.5, 0.6) is 0 Å². The van der Waals surface area contributed by atoms with Crippen LogP contribution in [-0.4, -0.2) is 4.57 Å². The fourth-order valence-corrected chi connectivity index (χ4v) is 7.20. The van der Waals surface area contributed by atoms with Gasteiger partial charge >= 0.3 is 0 Å². The van der Waals surface area contributed by atoms with Gasteiger partial charge in [-0.15, -0.1) is 0 Å². The molecule has 3 aromatic heterocycles. The Kier molecular flexibility index (Phi) is 5.00. The van der Waals surface area contributed by atoms with Crippen molar-refractivity contribution in [3.05, 3.63) is 152 Å². The van der Waals surface area contributed by atoms with Gasteiger partial charge in [-0.05, 0) is 59.2 Å². The molecule has 3 heteroatoms. The minimum absolute atomic E-state index is 0.860. The Morgan fingerprint density at radius 1 is 0.378 bits per heavy atom. The number of fused-ring (bicyclic) bond motifs is 9. The summed E-state index contributed by atoms with van der Waals surface area (Å²) >= 11 is 0. The summed E-state index contributed by atoms with van der Waals surface area (Å²) in [5.74, 6) is 0. The Labute approximate surface area is 258 Å². The molecule has 0 bridgehead atoms. The molecule has 0 aliphatic rings. The van der Waals surface area contributed by atoms with Gasteiger partial charge in [-0.25, -0.2) is 0 Å². The first kappa shape index (κ1) is 24.4. The molecule has 0 N–H and O–H groups in total. The minimum atomic E-state index is 0.860. The molecule has 0 fully saturated rings. The van der Waals surface area contributed by atoms with E-state index in [1.54, 1.807) is 0 Å². The van der Waals surface area contributed by atoms with Crippen molar-refractivity contribution in [1.29, 1.82) is 0 Å². The third-order valence-corrected chi connectivity index (χ3v) is 9.21. The second kappa shape index (κ2) is 9.22. The lowest BCUT2D eigenvalue weighted by Crippen LogP contribution is -1.93. The zero-order valence-corrected chi connectivity index (χ0v) is 24.2. The standard InChI is InChI=1S/C42H25NO2/c1-2-10-26(11-3-1)27-20-23-37-35(24-27)29-12-4-6-17-36(29)43(37)28-21-22-34-40(25-28)44-39-19-9-14-31(41(34)39)33-16-8-15-32-30-13-5-7-18-38(30)45-42(32)33/h1-25H. The fourth-order valence-electron chi connectivity index (χ4n) is 7.20. The molecule has 3 heterocycles. The molecule has 0 saturated carbocycles. The minimum Gasteiger partial charge on any atom is -0.456 e. The van der Waals surface area contributed by atoms with Crippen LogP contribution in [0, 0.1) is 0 Å². The van der Waals surface area contributed by atoms with E-state index in [-0.39, 0.29) is 0 Å². The van der Waals surface area contributed by atoms with Gasteiger partial charge in [-0.1, -0.05) is 103 Å². The number of hydrogen-bond donors (Lipinski definition) is 0. The molecule has 7 aromatic carbocycles. The molecule has 0 atom stereocenters.